The van der Waals surface area contributed by atoms with Gasteiger partial charge in [-0.2, -0.15) is 0 Å². The van der Waals surface area contributed by atoms with Crippen molar-refractivity contribution in [3.8, 4) is 5.75 Å². The number of rotatable bonds is 9. The predicted molar refractivity (Wildman–Crippen MR) is 75.1 cm³/mol. The van der Waals surface area contributed by atoms with E-state index < -0.39 is 5.97 Å². The van der Waals surface area contributed by atoms with Gasteiger partial charge >= 0.3 is 5.97 Å². The molecule has 4 heteroatoms. The fourth-order valence-electron chi connectivity index (χ4n) is 2.05. The number of carboxylic acids is 1. The molecule has 0 aliphatic carbocycles. The number of hydrogen-bond donors (Lipinski definition) is 2. The quantitative estimate of drug-likeness (QED) is 0.719. The van der Waals surface area contributed by atoms with E-state index in [9.17, 15) is 4.79 Å². The predicted octanol–water partition coefficient (Wildman–Crippen LogP) is 2.53. The lowest BCUT2D eigenvalue weighted by Gasteiger charge is -2.19. The van der Waals surface area contributed by atoms with Crippen molar-refractivity contribution in [3.05, 3.63) is 30.3 Å². The molecule has 0 amide bonds. The summed E-state index contributed by atoms with van der Waals surface area (Å²) in [7, 11) is 0. The molecule has 106 valence electrons. The van der Waals surface area contributed by atoms with E-state index >= 15 is 0 Å². The molecule has 0 spiro atoms. The van der Waals surface area contributed by atoms with Crippen LogP contribution in [0, 0.1) is 11.8 Å². The first kappa shape index (κ1) is 15.5. The summed E-state index contributed by atoms with van der Waals surface area (Å²) in [4.78, 5) is 10.6. The second-order valence-electron chi connectivity index (χ2n) is 5.00. The van der Waals surface area contributed by atoms with Gasteiger partial charge in [-0.1, -0.05) is 25.1 Å². The topological polar surface area (TPSA) is 72.5 Å². The summed E-state index contributed by atoms with van der Waals surface area (Å²) in [6.45, 7) is 3.27. The van der Waals surface area contributed by atoms with Crippen molar-refractivity contribution in [2.24, 2.45) is 17.6 Å². The zero-order chi connectivity index (χ0) is 14.1. The summed E-state index contributed by atoms with van der Waals surface area (Å²) in [6.07, 6.45) is 1.73. The van der Waals surface area contributed by atoms with E-state index in [1.54, 1.807) is 0 Å². The van der Waals surface area contributed by atoms with Crippen LogP contribution in [-0.2, 0) is 4.79 Å². The lowest BCUT2D eigenvalue weighted by atomic mass is 9.92. The largest absolute Gasteiger partial charge is 0.493 e. The molecule has 0 radical (unpaired) electrons. The lowest BCUT2D eigenvalue weighted by molar-refractivity contribution is -0.137. The molecular weight excluding hydrogens is 242 g/mol. The molecule has 4 nitrogen and oxygen atoms in total. The molecule has 0 saturated heterocycles. The van der Waals surface area contributed by atoms with Crippen molar-refractivity contribution < 1.29 is 14.6 Å². The highest BCUT2D eigenvalue weighted by atomic mass is 16.5. The monoisotopic (exact) mass is 265 g/mol. The van der Waals surface area contributed by atoms with Gasteiger partial charge in [-0.25, -0.2) is 0 Å². The standard InChI is InChI=1S/C15H23NO3/c1-12(9-13(10-16)7-8-15(17)18)11-19-14-5-3-2-4-6-14/h2-6,12-13H,7-11,16H2,1H3,(H,17,18)/t12-,13-/m0/s1. The van der Waals surface area contributed by atoms with Gasteiger partial charge in [0, 0.05) is 6.42 Å². The zero-order valence-corrected chi connectivity index (χ0v) is 11.4. The van der Waals surface area contributed by atoms with E-state index in [0.29, 0.717) is 25.5 Å². The second kappa shape index (κ2) is 8.53. The van der Waals surface area contributed by atoms with Crippen molar-refractivity contribution >= 4 is 5.97 Å². The van der Waals surface area contributed by atoms with Gasteiger partial charge in [0.25, 0.3) is 0 Å². The third-order valence-corrected chi connectivity index (χ3v) is 3.11. The van der Waals surface area contributed by atoms with Crippen molar-refractivity contribution in [1.29, 1.82) is 0 Å². The Morgan fingerprint density at radius 2 is 2.05 bits per heavy atom. The van der Waals surface area contributed by atoms with Crippen molar-refractivity contribution in [1.82, 2.24) is 0 Å². The summed E-state index contributed by atoms with van der Waals surface area (Å²) in [5.74, 6) is 0.726. The molecule has 1 aromatic carbocycles. The fraction of sp³-hybridized carbons (Fsp3) is 0.533. The third kappa shape index (κ3) is 6.82. The molecule has 0 aromatic heterocycles. The SMILES string of the molecule is C[C@H](COc1ccccc1)C[C@@H](CN)CCC(=O)O. The average Bonchev–Trinajstić information content (AvgIpc) is 2.42. The minimum absolute atomic E-state index is 0.189. The van der Waals surface area contributed by atoms with Crippen LogP contribution in [0.5, 0.6) is 5.75 Å². The Bertz CT molecular complexity index is 367. The Morgan fingerprint density at radius 1 is 1.37 bits per heavy atom. The van der Waals surface area contributed by atoms with Crippen LogP contribution in [0.2, 0.25) is 0 Å². The van der Waals surface area contributed by atoms with Crippen molar-refractivity contribution in [2.45, 2.75) is 26.2 Å². The van der Waals surface area contributed by atoms with Crippen LogP contribution in [0.3, 0.4) is 0 Å². The lowest BCUT2D eigenvalue weighted by Crippen LogP contribution is -2.21. The first-order valence-electron chi connectivity index (χ1n) is 6.71. The molecule has 3 N–H and O–H groups in total. The number of aliphatic carboxylic acids is 1. The molecule has 0 unspecified atom stereocenters. The van der Waals surface area contributed by atoms with Gasteiger partial charge in [-0.3, -0.25) is 4.79 Å². The summed E-state index contributed by atoms with van der Waals surface area (Å²) in [5, 5.41) is 8.68. The molecule has 0 heterocycles. The number of carbonyl (C=O) groups is 1. The summed E-state index contributed by atoms with van der Waals surface area (Å²) in [6, 6.07) is 9.69. The number of para-hydroxylation sites is 1. The summed E-state index contributed by atoms with van der Waals surface area (Å²) in [5.41, 5.74) is 5.68. The maximum atomic E-state index is 10.6. The first-order valence-corrected chi connectivity index (χ1v) is 6.71. The highest BCUT2D eigenvalue weighted by molar-refractivity contribution is 5.66. The minimum atomic E-state index is -0.758. The van der Waals surface area contributed by atoms with Crippen LogP contribution in [0.15, 0.2) is 30.3 Å². The number of ether oxygens (including phenoxy) is 1. The highest BCUT2D eigenvalue weighted by Crippen LogP contribution is 2.18. The molecule has 0 bridgehead atoms. The second-order valence-corrected chi connectivity index (χ2v) is 5.00. The smallest absolute Gasteiger partial charge is 0.303 e. The van der Waals surface area contributed by atoms with Gasteiger partial charge in [-0.05, 0) is 43.4 Å². The van der Waals surface area contributed by atoms with E-state index in [0.717, 1.165) is 12.2 Å². The number of nitrogens with two attached hydrogens (primary N) is 1. The van der Waals surface area contributed by atoms with Crippen LogP contribution in [0.25, 0.3) is 0 Å². The zero-order valence-electron chi connectivity index (χ0n) is 11.4. The van der Waals surface area contributed by atoms with Crippen LogP contribution in [0.1, 0.15) is 26.2 Å². The van der Waals surface area contributed by atoms with Crippen LogP contribution in [0.4, 0.5) is 0 Å². The maximum Gasteiger partial charge on any atom is 0.303 e. The Labute approximate surface area is 114 Å². The molecule has 2 atom stereocenters. The molecular formula is C15H23NO3. The number of benzene rings is 1. The number of hydrogen-bond acceptors (Lipinski definition) is 3. The van der Waals surface area contributed by atoms with Gasteiger partial charge < -0.3 is 15.6 Å². The van der Waals surface area contributed by atoms with Gasteiger partial charge in [0.05, 0.1) is 6.61 Å². The maximum absolute atomic E-state index is 10.6. The normalized spacial score (nSPS) is 13.8. The van der Waals surface area contributed by atoms with Gasteiger partial charge in [0.15, 0.2) is 0 Å². The highest BCUT2D eigenvalue weighted by Gasteiger charge is 2.14. The fourth-order valence-corrected chi connectivity index (χ4v) is 2.05. The number of carboxylic acid groups (broad SMARTS) is 1. The van der Waals surface area contributed by atoms with E-state index in [1.165, 1.54) is 0 Å². The van der Waals surface area contributed by atoms with Crippen LogP contribution >= 0.6 is 0 Å². The summed E-state index contributed by atoms with van der Waals surface area (Å²) < 4.78 is 5.68. The molecule has 19 heavy (non-hydrogen) atoms. The van der Waals surface area contributed by atoms with Crippen LogP contribution < -0.4 is 10.5 Å². The average molecular weight is 265 g/mol. The molecule has 1 rings (SSSR count). The van der Waals surface area contributed by atoms with E-state index in [-0.39, 0.29) is 12.3 Å². The molecule has 1 aromatic rings. The van der Waals surface area contributed by atoms with Crippen molar-refractivity contribution in [2.75, 3.05) is 13.2 Å². The Morgan fingerprint density at radius 3 is 2.63 bits per heavy atom. The van der Waals surface area contributed by atoms with Crippen LogP contribution in [-0.4, -0.2) is 24.2 Å². The first-order chi connectivity index (χ1) is 9.11. The van der Waals surface area contributed by atoms with Gasteiger partial charge in [-0.15, -0.1) is 0 Å². The van der Waals surface area contributed by atoms with E-state index in [1.807, 2.05) is 30.3 Å². The van der Waals surface area contributed by atoms with E-state index in [4.69, 9.17) is 15.6 Å². The van der Waals surface area contributed by atoms with Gasteiger partial charge in [0.2, 0.25) is 0 Å². The molecule has 0 saturated carbocycles. The Hall–Kier alpha value is -1.55. The summed E-state index contributed by atoms with van der Waals surface area (Å²) >= 11 is 0. The van der Waals surface area contributed by atoms with Gasteiger partial charge in [0.1, 0.15) is 5.75 Å². The third-order valence-electron chi connectivity index (χ3n) is 3.11. The Balaban J connectivity index is 2.28. The molecule has 0 fully saturated rings. The Kier molecular flexibility index (Phi) is 6.97. The molecule has 0 aliphatic rings. The van der Waals surface area contributed by atoms with Crippen molar-refractivity contribution in [3.63, 3.8) is 0 Å². The minimum Gasteiger partial charge on any atom is -0.493 e. The molecule has 0 aliphatic heterocycles. The van der Waals surface area contributed by atoms with E-state index in [2.05, 4.69) is 6.92 Å².